The van der Waals surface area contributed by atoms with Crippen LogP contribution in [-0.2, 0) is 18.6 Å². The van der Waals surface area contributed by atoms with Crippen LogP contribution in [0, 0.1) is 5.82 Å². The maximum Gasteiger partial charge on any atom is 0.173 e. The van der Waals surface area contributed by atoms with Gasteiger partial charge in [-0.05, 0) is 66.1 Å². The molecular formula is C25H27FN6. The minimum Gasteiger partial charge on any atom is -0.281 e. The molecule has 6 nitrogen and oxygen atoms in total. The number of hydrogen-bond donors (Lipinski definition) is 0. The van der Waals surface area contributed by atoms with E-state index in [1.54, 1.807) is 6.20 Å². The van der Waals surface area contributed by atoms with Crippen LogP contribution in [0.2, 0.25) is 0 Å². The molecule has 2 aromatic carbocycles. The summed E-state index contributed by atoms with van der Waals surface area (Å²) in [5.41, 5.74) is 2.85. The van der Waals surface area contributed by atoms with Gasteiger partial charge in [0.05, 0.1) is 11.6 Å². The lowest BCUT2D eigenvalue weighted by Gasteiger charge is -2.33. The van der Waals surface area contributed by atoms with Gasteiger partial charge in [0, 0.05) is 25.5 Å². The van der Waals surface area contributed by atoms with Crippen LogP contribution in [0.5, 0.6) is 0 Å². The normalized spacial score (nSPS) is 12.8. The Hall–Kier alpha value is -3.45. The van der Waals surface area contributed by atoms with Crippen LogP contribution in [0.1, 0.15) is 49.3 Å². The van der Waals surface area contributed by atoms with Crippen LogP contribution in [0.15, 0.2) is 79.1 Å². The van der Waals surface area contributed by atoms with Gasteiger partial charge in [-0.1, -0.05) is 48.5 Å². The molecule has 0 aliphatic rings. The molecule has 0 aliphatic carbocycles. The minimum atomic E-state index is -0.316. The quantitative estimate of drug-likeness (QED) is 0.423. The Kier molecular flexibility index (Phi) is 6.37. The number of aromatic nitrogens is 5. The zero-order chi connectivity index (χ0) is 22.6. The standard InChI is InChI=1S/C25H27FN6/c1-25(2,3)32-24(28-29-30-32)23(21-11-13-22(26)14-12-21)31(17-19-8-5-4-6-9-19)18-20-10-7-15-27-16-20/h4-16,23H,17-18H2,1-3H3/t23-/m1/s1. The van der Waals surface area contributed by atoms with Crippen molar-refractivity contribution in [2.45, 2.75) is 45.4 Å². The fraction of sp³-hybridized carbons (Fsp3) is 0.280. The van der Waals surface area contributed by atoms with Crippen molar-refractivity contribution in [3.05, 3.63) is 107 Å². The molecular weight excluding hydrogens is 403 g/mol. The maximum atomic E-state index is 13.8. The lowest BCUT2D eigenvalue weighted by molar-refractivity contribution is 0.185. The first-order valence-corrected chi connectivity index (χ1v) is 10.6. The molecule has 0 saturated heterocycles. The van der Waals surface area contributed by atoms with E-state index >= 15 is 0 Å². The summed E-state index contributed by atoms with van der Waals surface area (Å²) in [7, 11) is 0. The van der Waals surface area contributed by atoms with Gasteiger partial charge in [-0.25, -0.2) is 9.07 Å². The van der Waals surface area contributed by atoms with Crippen LogP contribution in [0.4, 0.5) is 4.39 Å². The summed E-state index contributed by atoms with van der Waals surface area (Å²) in [5, 5.41) is 12.7. The number of pyridine rings is 1. The van der Waals surface area contributed by atoms with Gasteiger partial charge in [-0.15, -0.1) is 5.10 Å². The molecule has 0 aliphatic heterocycles. The first-order chi connectivity index (χ1) is 15.4. The number of benzene rings is 2. The molecule has 164 valence electrons. The molecule has 0 amide bonds. The Morgan fingerprint density at radius 3 is 2.25 bits per heavy atom. The molecule has 0 N–H and O–H groups in total. The highest BCUT2D eigenvalue weighted by Crippen LogP contribution is 2.32. The Morgan fingerprint density at radius 1 is 0.906 bits per heavy atom. The smallest absolute Gasteiger partial charge is 0.173 e. The van der Waals surface area contributed by atoms with Gasteiger partial charge in [-0.3, -0.25) is 9.88 Å². The van der Waals surface area contributed by atoms with E-state index in [0.717, 1.165) is 11.1 Å². The van der Waals surface area contributed by atoms with Gasteiger partial charge in [-0.2, -0.15) is 0 Å². The number of hydrogen-bond acceptors (Lipinski definition) is 5. The largest absolute Gasteiger partial charge is 0.281 e. The fourth-order valence-corrected chi connectivity index (χ4v) is 3.79. The van der Waals surface area contributed by atoms with Crippen molar-refractivity contribution in [2.24, 2.45) is 0 Å². The zero-order valence-corrected chi connectivity index (χ0v) is 18.6. The Labute approximate surface area is 187 Å². The predicted octanol–water partition coefficient (Wildman–Crippen LogP) is 4.75. The van der Waals surface area contributed by atoms with Gasteiger partial charge in [0.25, 0.3) is 0 Å². The van der Waals surface area contributed by atoms with Crippen molar-refractivity contribution < 1.29 is 4.39 Å². The molecule has 32 heavy (non-hydrogen) atoms. The molecule has 2 heterocycles. The van der Waals surface area contributed by atoms with E-state index in [-0.39, 0.29) is 17.4 Å². The number of rotatable bonds is 7. The van der Waals surface area contributed by atoms with E-state index in [1.165, 1.54) is 17.7 Å². The van der Waals surface area contributed by atoms with Gasteiger partial charge >= 0.3 is 0 Å². The Bertz CT molecular complexity index is 1080. The monoisotopic (exact) mass is 430 g/mol. The van der Waals surface area contributed by atoms with Crippen molar-refractivity contribution >= 4 is 0 Å². The van der Waals surface area contributed by atoms with Gasteiger partial charge in [0.1, 0.15) is 5.82 Å². The molecule has 0 fully saturated rings. The summed E-state index contributed by atoms with van der Waals surface area (Å²) in [4.78, 5) is 6.59. The molecule has 0 saturated carbocycles. The van der Waals surface area contributed by atoms with E-state index in [2.05, 4.69) is 64.4 Å². The summed E-state index contributed by atoms with van der Waals surface area (Å²) in [6.45, 7) is 7.49. The molecule has 0 spiro atoms. The minimum absolute atomic E-state index is 0.273. The van der Waals surface area contributed by atoms with Crippen molar-refractivity contribution in [2.75, 3.05) is 0 Å². The first kappa shape index (κ1) is 21.8. The van der Waals surface area contributed by atoms with E-state index in [9.17, 15) is 4.39 Å². The van der Waals surface area contributed by atoms with Gasteiger partial charge in [0.15, 0.2) is 5.82 Å². The predicted molar refractivity (Wildman–Crippen MR) is 121 cm³/mol. The molecule has 1 atom stereocenters. The van der Waals surface area contributed by atoms with E-state index < -0.39 is 0 Å². The first-order valence-electron chi connectivity index (χ1n) is 10.6. The van der Waals surface area contributed by atoms with E-state index in [1.807, 2.05) is 47.3 Å². The second-order valence-electron chi connectivity index (χ2n) is 8.83. The van der Waals surface area contributed by atoms with Gasteiger partial charge < -0.3 is 0 Å². The van der Waals surface area contributed by atoms with Crippen molar-refractivity contribution in [3.63, 3.8) is 0 Å². The van der Waals surface area contributed by atoms with Gasteiger partial charge in [0.2, 0.25) is 0 Å². The van der Waals surface area contributed by atoms with Crippen LogP contribution >= 0.6 is 0 Å². The molecule has 0 unspecified atom stereocenters. The third-order valence-corrected chi connectivity index (χ3v) is 5.26. The van der Waals surface area contributed by atoms with Crippen LogP contribution < -0.4 is 0 Å². The molecule has 4 aromatic rings. The zero-order valence-electron chi connectivity index (χ0n) is 18.6. The average molecular weight is 431 g/mol. The lowest BCUT2D eigenvalue weighted by atomic mass is 10.0. The van der Waals surface area contributed by atoms with Crippen molar-refractivity contribution in [1.29, 1.82) is 0 Å². The highest BCUT2D eigenvalue weighted by atomic mass is 19.1. The maximum absolute atomic E-state index is 13.8. The average Bonchev–Trinajstić information content (AvgIpc) is 3.27. The molecule has 0 radical (unpaired) electrons. The number of tetrazole rings is 1. The second-order valence-corrected chi connectivity index (χ2v) is 8.83. The van der Waals surface area contributed by atoms with Crippen molar-refractivity contribution in [3.8, 4) is 0 Å². The topological polar surface area (TPSA) is 59.7 Å². The Balaban J connectivity index is 1.84. The van der Waals surface area contributed by atoms with Crippen LogP contribution in [0.25, 0.3) is 0 Å². The summed E-state index contributed by atoms with van der Waals surface area (Å²) >= 11 is 0. The van der Waals surface area contributed by atoms with E-state index in [4.69, 9.17) is 0 Å². The molecule has 2 aromatic heterocycles. The number of nitrogens with zero attached hydrogens (tertiary/aromatic N) is 6. The van der Waals surface area contributed by atoms with Crippen LogP contribution in [-0.4, -0.2) is 30.1 Å². The lowest BCUT2D eigenvalue weighted by Crippen LogP contribution is -2.34. The SMILES string of the molecule is CC(C)(C)n1nnnc1[C@@H](c1ccc(F)cc1)N(Cc1ccccc1)Cc1cccnc1. The highest BCUT2D eigenvalue weighted by Gasteiger charge is 2.31. The Morgan fingerprint density at radius 2 is 1.59 bits per heavy atom. The molecule has 4 rings (SSSR count). The van der Waals surface area contributed by atoms with Crippen molar-refractivity contribution in [1.82, 2.24) is 30.1 Å². The summed E-state index contributed by atoms with van der Waals surface area (Å²) in [6, 6.07) is 20.6. The molecule has 7 heteroatoms. The fourth-order valence-electron chi connectivity index (χ4n) is 3.79. The second kappa shape index (κ2) is 9.36. The highest BCUT2D eigenvalue weighted by molar-refractivity contribution is 5.27. The summed E-state index contributed by atoms with van der Waals surface area (Å²) < 4.78 is 15.6. The van der Waals surface area contributed by atoms with E-state index in [0.29, 0.717) is 18.9 Å². The third-order valence-electron chi connectivity index (χ3n) is 5.26. The third kappa shape index (κ3) is 5.06. The summed E-state index contributed by atoms with van der Waals surface area (Å²) in [5.74, 6) is 0.439. The molecule has 0 bridgehead atoms. The van der Waals surface area contributed by atoms with Crippen LogP contribution in [0.3, 0.4) is 0 Å². The summed E-state index contributed by atoms with van der Waals surface area (Å²) in [6.07, 6.45) is 3.63. The number of halogens is 1.